The molecule has 1 aromatic heterocycles. The van der Waals surface area contributed by atoms with Crippen LogP contribution in [0.25, 0.3) is 0 Å². The van der Waals surface area contributed by atoms with Crippen molar-refractivity contribution in [3.05, 3.63) is 45.6 Å². The van der Waals surface area contributed by atoms with Gasteiger partial charge in [-0.15, -0.1) is 35.3 Å². The highest BCUT2D eigenvalue weighted by atomic mass is 127. The van der Waals surface area contributed by atoms with Crippen molar-refractivity contribution in [2.45, 2.75) is 39.5 Å². The molecule has 0 saturated carbocycles. The molecule has 1 atom stereocenters. The topological polar surface area (TPSA) is 75.2 Å². The second kappa shape index (κ2) is 12.1. The first-order valence-corrected chi connectivity index (χ1v) is 11.0. The van der Waals surface area contributed by atoms with Gasteiger partial charge in [0, 0.05) is 36.5 Å². The summed E-state index contributed by atoms with van der Waals surface area (Å²) in [5.74, 6) is 2.30. The second-order valence-electron chi connectivity index (χ2n) is 7.37. The van der Waals surface area contributed by atoms with Crippen LogP contribution in [0, 0.1) is 0 Å². The number of thiophene rings is 1. The Balaban J connectivity index is 0.00000341. The van der Waals surface area contributed by atoms with Crippen molar-refractivity contribution in [2.24, 2.45) is 4.99 Å². The molecule has 1 aliphatic heterocycles. The van der Waals surface area contributed by atoms with E-state index in [1.54, 1.807) is 30.3 Å². The molecule has 0 aliphatic carbocycles. The molecule has 0 fully saturated rings. The molecule has 1 unspecified atom stereocenters. The van der Waals surface area contributed by atoms with Gasteiger partial charge in [-0.05, 0) is 37.4 Å². The van der Waals surface area contributed by atoms with Gasteiger partial charge in [-0.3, -0.25) is 4.79 Å². The molecule has 2 aromatic rings. The number of halogens is 1. The van der Waals surface area contributed by atoms with Gasteiger partial charge < -0.3 is 25.0 Å². The Morgan fingerprint density at radius 1 is 1.35 bits per heavy atom. The summed E-state index contributed by atoms with van der Waals surface area (Å²) < 4.78 is 11.8. The number of likely N-dealkylation sites (N-methyl/N-ethyl adjacent to an activating group) is 1. The van der Waals surface area contributed by atoms with Gasteiger partial charge in [0.1, 0.15) is 17.6 Å². The zero-order valence-corrected chi connectivity index (χ0v) is 21.6. The van der Waals surface area contributed by atoms with Gasteiger partial charge in [0.15, 0.2) is 5.96 Å². The van der Waals surface area contributed by atoms with Gasteiger partial charge in [0.2, 0.25) is 5.91 Å². The molecule has 0 radical (unpaired) electrons. The highest BCUT2D eigenvalue weighted by molar-refractivity contribution is 14.0. The van der Waals surface area contributed by atoms with Crippen molar-refractivity contribution in [2.75, 3.05) is 27.2 Å². The number of rotatable bonds is 8. The van der Waals surface area contributed by atoms with Crippen molar-refractivity contribution in [1.29, 1.82) is 0 Å². The van der Waals surface area contributed by atoms with Crippen molar-refractivity contribution >= 4 is 47.2 Å². The smallest absolute Gasteiger partial charge is 0.241 e. The van der Waals surface area contributed by atoms with Gasteiger partial charge in [-0.2, -0.15) is 0 Å². The van der Waals surface area contributed by atoms with E-state index < -0.39 is 0 Å². The number of aliphatic imine (C=N–C) groups is 1. The van der Waals surface area contributed by atoms with E-state index in [1.807, 2.05) is 24.4 Å². The van der Waals surface area contributed by atoms with E-state index in [2.05, 4.69) is 29.7 Å². The number of fused-ring (bicyclic) bond motifs is 1. The zero-order chi connectivity index (χ0) is 21.5. The van der Waals surface area contributed by atoms with Gasteiger partial charge in [-0.1, -0.05) is 6.07 Å². The van der Waals surface area contributed by atoms with Crippen LogP contribution in [-0.4, -0.2) is 50.1 Å². The predicted molar refractivity (Wildman–Crippen MR) is 136 cm³/mol. The third-order valence-corrected chi connectivity index (χ3v) is 5.58. The van der Waals surface area contributed by atoms with Crippen LogP contribution in [0.3, 0.4) is 0 Å². The Bertz CT molecular complexity index is 887. The first-order valence-electron chi connectivity index (χ1n) is 10.2. The van der Waals surface area contributed by atoms with Crippen LogP contribution in [0.5, 0.6) is 11.5 Å². The molecule has 2 heterocycles. The fourth-order valence-electron chi connectivity index (χ4n) is 3.13. The number of hydrogen-bond acceptors (Lipinski definition) is 5. The Kier molecular flexibility index (Phi) is 9.89. The lowest BCUT2D eigenvalue weighted by Gasteiger charge is -2.15. The van der Waals surface area contributed by atoms with E-state index in [-0.39, 0.29) is 42.5 Å². The molecule has 1 aromatic carbocycles. The molecular formula is C22H31IN4O3S. The number of nitrogens with zero attached hydrogens (tertiary/aromatic N) is 2. The van der Waals surface area contributed by atoms with E-state index in [1.165, 1.54) is 10.4 Å². The quantitative estimate of drug-likeness (QED) is 0.295. The van der Waals surface area contributed by atoms with Crippen LogP contribution in [0.15, 0.2) is 34.6 Å². The van der Waals surface area contributed by atoms with Crippen molar-refractivity contribution < 1.29 is 14.3 Å². The number of carbonyl (C=O) groups is 1. The number of nitrogens with one attached hydrogen (secondary N) is 2. The van der Waals surface area contributed by atoms with Crippen LogP contribution in [0.1, 0.15) is 29.9 Å². The number of amides is 1. The second-order valence-corrected chi connectivity index (χ2v) is 8.40. The van der Waals surface area contributed by atoms with Crippen molar-refractivity contribution in [1.82, 2.24) is 15.5 Å². The van der Waals surface area contributed by atoms with E-state index in [4.69, 9.17) is 14.5 Å². The maximum atomic E-state index is 12.0. The molecule has 2 N–H and O–H groups in total. The average Bonchev–Trinajstić information content (AvgIpc) is 3.35. The third-order valence-electron chi connectivity index (χ3n) is 4.70. The summed E-state index contributed by atoms with van der Waals surface area (Å²) >= 11 is 1.67. The first kappa shape index (κ1) is 25.3. The van der Waals surface area contributed by atoms with Crippen molar-refractivity contribution in [3.8, 4) is 11.5 Å². The zero-order valence-electron chi connectivity index (χ0n) is 18.4. The fraction of sp³-hybridized carbons (Fsp3) is 0.455. The Morgan fingerprint density at radius 3 is 2.84 bits per heavy atom. The fourth-order valence-corrected chi connectivity index (χ4v) is 3.78. The average molecular weight is 558 g/mol. The number of ether oxygens (including phenoxy) is 2. The Labute approximate surface area is 205 Å². The minimum Gasteiger partial charge on any atom is -0.494 e. The van der Waals surface area contributed by atoms with E-state index >= 15 is 0 Å². The number of hydrogen-bond donors (Lipinski definition) is 2. The van der Waals surface area contributed by atoms with Crippen molar-refractivity contribution in [3.63, 3.8) is 0 Å². The molecule has 7 nitrogen and oxygen atoms in total. The first-order chi connectivity index (χ1) is 14.5. The van der Waals surface area contributed by atoms with Crippen LogP contribution in [0.2, 0.25) is 0 Å². The third kappa shape index (κ3) is 7.27. The Morgan fingerprint density at radius 2 is 2.16 bits per heavy atom. The highest BCUT2D eigenvalue weighted by Crippen LogP contribution is 2.35. The van der Waals surface area contributed by atoms with E-state index in [9.17, 15) is 4.79 Å². The van der Waals surface area contributed by atoms with Gasteiger partial charge in [0.25, 0.3) is 0 Å². The predicted octanol–water partition coefficient (Wildman–Crippen LogP) is 3.41. The lowest BCUT2D eigenvalue weighted by atomic mass is 10.1. The minimum atomic E-state index is -0.0180. The molecule has 3 rings (SSSR count). The molecule has 9 heteroatoms. The molecule has 0 spiro atoms. The van der Waals surface area contributed by atoms with Crippen LogP contribution < -0.4 is 20.1 Å². The molecule has 0 saturated heterocycles. The summed E-state index contributed by atoms with van der Waals surface area (Å²) in [6.45, 7) is 5.86. The summed E-state index contributed by atoms with van der Waals surface area (Å²) in [4.78, 5) is 19.4. The summed E-state index contributed by atoms with van der Waals surface area (Å²) in [6.07, 6.45) is 1.07. The van der Waals surface area contributed by atoms with Gasteiger partial charge >= 0.3 is 0 Å². The number of carbonyl (C=O) groups excluding carboxylic acids is 1. The van der Waals surface area contributed by atoms with Gasteiger partial charge in [-0.25, -0.2) is 4.99 Å². The Hall–Kier alpha value is -2.01. The van der Waals surface area contributed by atoms with E-state index in [0.717, 1.165) is 23.5 Å². The molecule has 31 heavy (non-hydrogen) atoms. The van der Waals surface area contributed by atoms with Crippen LogP contribution in [-0.2, 0) is 24.3 Å². The highest BCUT2D eigenvalue weighted by Gasteiger charge is 2.21. The molecule has 170 valence electrons. The summed E-state index contributed by atoms with van der Waals surface area (Å²) in [6, 6.07) is 8.16. The normalized spacial score (nSPS) is 14.8. The largest absolute Gasteiger partial charge is 0.494 e. The summed E-state index contributed by atoms with van der Waals surface area (Å²) in [5.41, 5.74) is 2.13. The maximum absolute atomic E-state index is 12.0. The minimum absolute atomic E-state index is 0. The molecule has 1 amide bonds. The number of benzene rings is 1. The molecule has 1 aliphatic rings. The SMILES string of the molecule is CCOc1cc2c(cc1CN=C(NCC(=O)N(C)C)NCc1cccs1)OC(C)C2.I. The maximum Gasteiger partial charge on any atom is 0.241 e. The van der Waals surface area contributed by atoms with Gasteiger partial charge in [0.05, 0.1) is 26.2 Å². The van der Waals surface area contributed by atoms with E-state index in [0.29, 0.717) is 25.7 Å². The standard InChI is InChI=1S/C22H30N4O3S.HI/c1-5-28-19-10-16-9-15(2)29-20(16)11-17(19)12-23-22(25-14-21(27)26(3)4)24-13-18-7-6-8-30-18;/h6-8,10-11,15H,5,9,12-14H2,1-4H3,(H2,23,24,25);1H. The van der Waals surface area contributed by atoms with Crippen LogP contribution >= 0.6 is 35.3 Å². The molecular weight excluding hydrogens is 527 g/mol. The summed E-state index contributed by atoms with van der Waals surface area (Å²) in [7, 11) is 3.47. The lowest BCUT2D eigenvalue weighted by molar-refractivity contribution is -0.127. The molecule has 0 bridgehead atoms. The lowest BCUT2D eigenvalue weighted by Crippen LogP contribution is -2.42. The monoisotopic (exact) mass is 558 g/mol. The van der Waals surface area contributed by atoms with Crippen LogP contribution in [0.4, 0.5) is 0 Å². The number of guanidine groups is 1. The summed E-state index contributed by atoms with van der Waals surface area (Å²) in [5, 5.41) is 8.47.